The Morgan fingerprint density at radius 2 is 2.00 bits per heavy atom. The van der Waals surface area contributed by atoms with Crippen molar-refractivity contribution in [2.24, 2.45) is 0 Å². The Labute approximate surface area is 181 Å². The van der Waals surface area contributed by atoms with Gasteiger partial charge in [0.1, 0.15) is 18.0 Å². The minimum Gasteiger partial charge on any atom is -0.361 e. The smallest absolute Gasteiger partial charge is 0.277 e. The normalized spacial score (nSPS) is 12.2. The summed E-state index contributed by atoms with van der Waals surface area (Å²) in [6.45, 7) is 3.13. The molecule has 0 saturated heterocycles. The summed E-state index contributed by atoms with van der Waals surface area (Å²) < 4.78 is 13.8. The highest BCUT2D eigenvalue weighted by Gasteiger charge is 2.18. The van der Waals surface area contributed by atoms with Crippen LogP contribution in [0.4, 0.5) is 10.2 Å². The summed E-state index contributed by atoms with van der Waals surface area (Å²) in [5.41, 5.74) is 4.19. The van der Waals surface area contributed by atoms with Gasteiger partial charge in [-0.2, -0.15) is 0 Å². The second-order valence-electron chi connectivity index (χ2n) is 7.57. The molecule has 1 atom stereocenters. The third kappa shape index (κ3) is 5.96. The lowest BCUT2D eigenvalue weighted by molar-refractivity contribution is 0.0303. The van der Waals surface area contributed by atoms with Crippen molar-refractivity contribution < 1.29 is 14.0 Å². The molecule has 1 amide bonds. The van der Waals surface area contributed by atoms with Crippen molar-refractivity contribution in [1.29, 1.82) is 0 Å². The standard InChI is InChI=1S/C23H28FN5O2/c1-4-5-12-31-28-23(30)19-11-7-10-18-21(19)25-15-26-22(18)27-20(14-29(2)3)16-8-6-9-17(24)13-16/h6-11,13,15,20H,4-5,12,14H2,1-3H3,(H,28,30)(H,25,26,27). The summed E-state index contributed by atoms with van der Waals surface area (Å²) >= 11 is 0. The summed E-state index contributed by atoms with van der Waals surface area (Å²) in [4.78, 5) is 28.6. The van der Waals surface area contributed by atoms with E-state index in [-0.39, 0.29) is 17.8 Å². The molecular formula is C23H28FN5O2. The maximum absolute atomic E-state index is 13.8. The van der Waals surface area contributed by atoms with E-state index >= 15 is 0 Å². The molecule has 0 aliphatic carbocycles. The number of carbonyl (C=O) groups is 1. The molecule has 0 aliphatic heterocycles. The predicted octanol–water partition coefficient (Wildman–Crippen LogP) is 3.95. The molecule has 0 spiro atoms. The van der Waals surface area contributed by atoms with Gasteiger partial charge in [0, 0.05) is 11.9 Å². The van der Waals surface area contributed by atoms with Gasteiger partial charge in [-0.15, -0.1) is 0 Å². The van der Waals surface area contributed by atoms with Crippen LogP contribution < -0.4 is 10.8 Å². The molecule has 0 fully saturated rings. The number of unbranched alkanes of at least 4 members (excludes halogenated alkanes) is 1. The van der Waals surface area contributed by atoms with Crippen LogP contribution in [0.2, 0.25) is 0 Å². The van der Waals surface area contributed by atoms with Crippen molar-refractivity contribution in [3.63, 3.8) is 0 Å². The first-order chi connectivity index (χ1) is 15.0. The summed E-state index contributed by atoms with van der Waals surface area (Å²) in [5, 5.41) is 4.10. The Morgan fingerprint density at radius 3 is 2.74 bits per heavy atom. The summed E-state index contributed by atoms with van der Waals surface area (Å²) in [6, 6.07) is 11.6. The lowest BCUT2D eigenvalue weighted by atomic mass is 10.1. The van der Waals surface area contributed by atoms with Gasteiger partial charge in [-0.1, -0.05) is 31.5 Å². The number of likely N-dealkylation sites (N-methyl/N-ethyl adjacent to an activating group) is 1. The molecule has 1 heterocycles. The van der Waals surface area contributed by atoms with E-state index in [9.17, 15) is 9.18 Å². The Hall–Kier alpha value is -3.10. The summed E-state index contributed by atoms with van der Waals surface area (Å²) in [6.07, 6.45) is 3.25. The number of amides is 1. The molecule has 1 aromatic heterocycles. The molecule has 7 nitrogen and oxygen atoms in total. The number of hydroxylamine groups is 1. The van der Waals surface area contributed by atoms with E-state index in [1.54, 1.807) is 18.2 Å². The fourth-order valence-electron chi connectivity index (χ4n) is 3.26. The van der Waals surface area contributed by atoms with E-state index in [0.29, 0.717) is 35.4 Å². The van der Waals surface area contributed by atoms with Gasteiger partial charge in [-0.25, -0.2) is 19.8 Å². The first-order valence-electron chi connectivity index (χ1n) is 10.3. The number of rotatable bonds is 10. The highest BCUT2D eigenvalue weighted by atomic mass is 19.1. The molecule has 0 saturated carbocycles. The van der Waals surface area contributed by atoms with Crippen LogP contribution in [0.15, 0.2) is 48.8 Å². The third-order valence-corrected chi connectivity index (χ3v) is 4.78. The second-order valence-corrected chi connectivity index (χ2v) is 7.57. The highest BCUT2D eigenvalue weighted by Crippen LogP contribution is 2.27. The lowest BCUT2D eigenvalue weighted by Crippen LogP contribution is -2.26. The Balaban J connectivity index is 1.90. The number of hydrogen-bond acceptors (Lipinski definition) is 6. The number of nitrogens with one attached hydrogen (secondary N) is 2. The van der Waals surface area contributed by atoms with Gasteiger partial charge in [0.2, 0.25) is 0 Å². The van der Waals surface area contributed by atoms with Crippen LogP contribution in [-0.4, -0.2) is 48.0 Å². The average Bonchev–Trinajstić information content (AvgIpc) is 2.75. The zero-order chi connectivity index (χ0) is 22.2. The number of benzene rings is 2. The second kappa shape index (κ2) is 10.8. The maximum atomic E-state index is 13.8. The SMILES string of the molecule is CCCCONC(=O)c1cccc2c(NC(CN(C)C)c3cccc(F)c3)ncnc12. The first-order valence-corrected chi connectivity index (χ1v) is 10.3. The van der Waals surface area contributed by atoms with Gasteiger partial charge in [0.05, 0.1) is 23.7 Å². The van der Waals surface area contributed by atoms with Crippen LogP contribution in [-0.2, 0) is 4.84 Å². The van der Waals surface area contributed by atoms with Crippen molar-refractivity contribution in [1.82, 2.24) is 20.3 Å². The first kappa shape index (κ1) is 22.6. The van der Waals surface area contributed by atoms with Gasteiger partial charge >= 0.3 is 0 Å². The quantitative estimate of drug-likeness (QED) is 0.378. The van der Waals surface area contributed by atoms with Crippen LogP contribution in [0.3, 0.4) is 0 Å². The number of aromatic nitrogens is 2. The molecule has 2 aromatic carbocycles. The third-order valence-electron chi connectivity index (χ3n) is 4.78. The van der Waals surface area contributed by atoms with Crippen molar-refractivity contribution in [3.05, 3.63) is 65.7 Å². The fourth-order valence-corrected chi connectivity index (χ4v) is 3.26. The zero-order valence-electron chi connectivity index (χ0n) is 18.1. The number of anilines is 1. The largest absolute Gasteiger partial charge is 0.361 e. The van der Waals surface area contributed by atoms with E-state index in [4.69, 9.17) is 4.84 Å². The molecule has 3 rings (SSSR count). The molecule has 0 radical (unpaired) electrons. The van der Waals surface area contributed by atoms with Crippen molar-refractivity contribution in [2.75, 3.05) is 32.6 Å². The van der Waals surface area contributed by atoms with E-state index in [0.717, 1.165) is 18.4 Å². The van der Waals surface area contributed by atoms with E-state index in [1.165, 1.54) is 18.5 Å². The number of carbonyl (C=O) groups excluding carboxylic acids is 1. The number of hydrogen-bond donors (Lipinski definition) is 2. The maximum Gasteiger partial charge on any atom is 0.277 e. The fraction of sp³-hybridized carbons (Fsp3) is 0.348. The average molecular weight is 426 g/mol. The lowest BCUT2D eigenvalue weighted by Gasteiger charge is -2.24. The molecule has 0 aliphatic rings. The van der Waals surface area contributed by atoms with Crippen molar-refractivity contribution in [3.8, 4) is 0 Å². The van der Waals surface area contributed by atoms with Crippen LogP contribution in [0, 0.1) is 5.82 Å². The molecule has 2 N–H and O–H groups in total. The molecule has 3 aromatic rings. The molecular weight excluding hydrogens is 397 g/mol. The van der Waals surface area contributed by atoms with Gasteiger partial charge in [0.25, 0.3) is 5.91 Å². The molecule has 31 heavy (non-hydrogen) atoms. The Bertz CT molecular complexity index is 1030. The van der Waals surface area contributed by atoms with Crippen LogP contribution >= 0.6 is 0 Å². The molecule has 0 bridgehead atoms. The van der Waals surface area contributed by atoms with Crippen LogP contribution in [0.5, 0.6) is 0 Å². The Morgan fingerprint density at radius 1 is 1.19 bits per heavy atom. The monoisotopic (exact) mass is 425 g/mol. The van der Waals surface area contributed by atoms with Crippen LogP contribution in [0.1, 0.15) is 41.7 Å². The van der Waals surface area contributed by atoms with E-state index < -0.39 is 0 Å². The molecule has 164 valence electrons. The number of halogens is 1. The summed E-state index contributed by atoms with van der Waals surface area (Å²) in [7, 11) is 3.90. The minimum atomic E-state index is -0.360. The zero-order valence-corrected chi connectivity index (χ0v) is 18.1. The van der Waals surface area contributed by atoms with Gasteiger partial charge < -0.3 is 10.2 Å². The van der Waals surface area contributed by atoms with Gasteiger partial charge in [0.15, 0.2) is 0 Å². The van der Waals surface area contributed by atoms with Crippen LogP contribution in [0.25, 0.3) is 10.9 Å². The Kier molecular flexibility index (Phi) is 7.86. The van der Waals surface area contributed by atoms with Gasteiger partial charge in [-0.3, -0.25) is 9.63 Å². The molecule has 8 heteroatoms. The number of para-hydroxylation sites is 1. The number of nitrogens with zero attached hydrogens (tertiary/aromatic N) is 3. The predicted molar refractivity (Wildman–Crippen MR) is 119 cm³/mol. The minimum absolute atomic E-state index is 0.210. The number of fused-ring (bicyclic) bond motifs is 1. The summed E-state index contributed by atoms with van der Waals surface area (Å²) in [5.74, 6) is -0.0818. The van der Waals surface area contributed by atoms with E-state index in [1.807, 2.05) is 31.1 Å². The van der Waals surface area contributed by atoms with Crippen molar-refractivity contribution >= 4 is 22.6 Å². The molecule has 1 unspecified atom stereocenters. The van der Waals surface area contributed by atoms with Gasteiger partial charge in [-0.05, 0) is 50.3 Å². The topological polar surface area (TPSA) is 79.4 Å². The highest BCUT2D eigenvalue weighted by molar-refractivity contribution is 6.07. The van der Waals surface area contributed by atoms with E-state index in [2.05, 4.69) is 27.7 Å². The van der Waals surface area contributed by atoms with Crippen molar-refractivity contribution in [2.45, 2.75) is 25.8 Å².